The minimum Gasteiger partial charge on any atom is -0.495 e. The molecule has 0 radical (unpaired) electrons. The molecule has 2 N–H and O–H groups in total. The summed E-state index contributed by atoms with van der Waals surface area (Å²) in [5.41, 5.74) is 1.21. The van der Waals surface area contributed by atoms with Gasteiger partial charge >= 0.3 is 11.9 Å². The second kappa shape index (κ2) is 9.88. The summed E-state index contributed by atoms with van der Waals surface area (Å²) < 4.78 is 14.4. The van der Waals surface area contributed by atoms with Crippen molar-refractivity contribution in [3.05, 3.63) is 31.0 Å². The van der Waals surface area contributed by atoms with Crippen LogP contribution in [0.15, 0.2) is 31.0 Å². The SMILES string of the molecule is C=COC(=O)COC(=O)CCNc1cc(NC(C)=O)ccc1OC. The summed E-state index contributed by atoms with van der Waals surface area (Å²) in [7, 11) is 1.51. The summed E-state index contributed by atoms with van der Waals surface area (Å²) >= 11 is 0. The molecule has 24 heavy (non-hydrogen) atoms. The van der Waals surface area contributed by atoms with Gasteiger partial charge in [-0.3, -0.25) is 9.59 Å². The van der Waals surface area contributed by atoms with Crippen molar-refractivity contribution in [2.45, 2.75) is 13.3 Å². The number of methoxy groups -OCH3 is 1. The molecule has 130 valence electrons. The molecule has 0 aliphatic rings. The number of benzene rings is 1. The van der Waals surface area contributed by atoms with Crippen LogP contribution in [0, 0.1) is 0 Å². The third-order valence-electron chi connectivity index (χ3n) is 2.73. The van der Waals surface area contributed by atoms with E-state index in [1.807, 2.05) is 0 Å². The van der Waals surface area contributed by atoms with Crippen LogP contribution in [0.1, 0.15) is 13.3 Å². The number of carbonyl (C=O) groups excluding carboxylic acids is 3. The van der Waals surface area contributed by atoms with Gasteiger partial charge in [0.2, 0.25) is 5.91 Å². The molecule has 8 heteroatoms. The second-order valence-corrected chi connectivity index (χ2v) is 4.59. The standard InChI is InChI=1S/C16H20N2O6/c1-4-23-16(21)10-24-15(20)7-8-17-13-9-12(18-11(2)19)5-6-14(13)22-3/h4-6,9,17H,1,7-8,10H2,2-3H3,(H,18,19). The number of amides is 1. The van der Waals surface area contributed by atoms with Crippen molar-refractivity contribution in [3.63, 3.8) is 0 Å². The molecule has 0 saturated heterocycles. The normalized spacial score (nSPS) is 9.58. The summed E-state index contributed by atoms with van der Waals surface area (Å²) in [4.78, 5) is 33.6. The minimum atomic E-state index is -0.698. The third-order valence-corrected chi connectivity index (χ3v) is 2.73. The highest BCUT2D eigenvalue weighted by Crippen LogP contribution is 2.27. The topological polar surface area (TPSA) is 103 Å². The van der Waals surface area contributed by atoms with E-state index in [4.69, 9.17) is 9.47 Å². The lowest BCUT2D eigenvalue weighted by atomic mass is 10.2. The van der Waals surface area contributed by atoms with Crippen molar-refractivity contribution in [1.29, 1.82) is 0 Å². The van der Waals surface area contributed by atoms with Gasteiger partial charge in [-0.1, -0.05) is 6.58 Å². The predicted molar refractivity (Wildman–Crippen MR) is 87.7 cm³/mol. The van der Waals surface area contributed by atoms with Gasteiger partial charge in [0, 0.05) is 19.2 Å². The van der Waals surface area contributed by atoms with E-state index in [2.05, 4.69) is 21.9 Å². The second-order valence-electron chi connectivity index (χ2n) is 4.59. The molecule has 0 fully saturated rings. The van der Waals surface area contributed by atoms with Crippen LogP contribution in [0.4, 0.5) is 11.4 Å². The average Bonchev–Trinajstić information content (AvgIpc) is 2.53. The first-order valence-corrected chi connectivity index (χ1v) is 7.11. The van der Waals surface area contributed by atoms with Crippen LogP contribution in [0.5, 0.6) is 5.75 Å². The summed E-state index contributed by atoms with van der Waals surface area (Å²) in [5.74, 6) is -0.885. The lowest BCUT2D eigenvalue weighted by molar-refractivity contribution is -0.155. The van der Waals surface area contributed by atoms with Gasteiger partial charge in [0.25, 0.3) is 0 Å². The van der Waals surface area contributed by atoms with E-state index in [-0.39, 0.29) is 18.9 Å². The highest BCUT2D eigenvalue weighted by molar-refractivity contribution is 5.89. The van der Waals surface area contributed by atoms with Crippen LogP contribution in [0.25, 0.3) is 0 Å². The zero-order chi connectivity index (χ0) is 17.9. The highest BCUT2D eigenvalue weighted by Gasteiger charge is 2.09. The monoisotopic (exact) mass is 336 g/mol. The molecule has 0 unspecified atom stereocenters. The van der Waals surface area contributed by atoms with Gasteiger partial charge in [-0.15, -0.1) is 0 Å². The number of nitrogens with one attached hydrogen (secondary N) is 2. The highest BCUT2D eigenvalue weighted by atomic mass is 16.6. The quantitative estimate of drug-likeness (QED) is 0.522. The molecule has 0 aliphatic carbocycles. The first-order valence-electron chi connectivity index (χ1n) is 7.11. The van der Waals surface area contributed by atoms with Gasteiger partial charge in [-0.05, 0) is 18.2 Å². The van der Waals surface area contributed by atoms with Crippen LogP contribution in [0.2, 0.25) is 0 Å². The molecule has 0 spiro atoms. The fraction of sp³-hybridized carbons (Fsp3) is 0.312. The molecular weight excluding hydrogens is 316 g/mol. The van der Waals surface area contributed by atoms with E-state index >= 15 is 0 Å². The number of esters is 2. The molecule has 1 aromatic carbocycles. The fourth-order valence-corrected chi connectivity index (χ4v) is 1.76. The van der Waals surface area contributed by atoms with Crippen LogP contribution in [0.3, 0.4) is 0 Å². The van der Waals surface area contributed by atoms with Gasteiger partial charge < -0.3 is 24.8 Å². The van der Waals surface area contributed by atoms with Gasteiger partial charge in [0.1, 0.15) is 5.75 Å². The van der Waals surface area contributed by atoms with Crippen LogP contribution in [-0.4, -0.2) is 38.1 Å². The summed E-state index contributed by atoms with van der Waals surface area (Å²) in [6.07, 6.45) is 1.00. The molecule has 8 nitrogen and oxygen atoms in total. The van der Waals surface area contributed by atoms with E-state index in [1.54, 1.807) is 18.2 Å². The van der Waals surface area contributed by atoms with Gasteiger partial charge in [-0.25, -0.2) is 4.79 Å². The van der Waals surface area contributed by atoms with E-state index < -0.39 is 18.5 Å². The number of anilines is 2. The number of rotatable bonds is 9. The minimum absolute atomic E-state index is 0.0366. The maximum atomic E-state index is 11.5. The Morgan fingerprint density at radius 2 is 2.00 bits per heavy atom. The maximum Gasteiger partial charge on any atom is 0.349 e. The first-order chi connectivity index (χ1) is 11.5. The summed E-state index contributed by atoms with van der Waals surface area (Å²) in [6, 6.07) is 5.08. The zero-order valence-electron chi connectivity index (χ0n) is 13.6. The molecular formula is C16H20N2O6. The smallest absolute Gasteiger partial charge is 0.349 e. The number of hydrogen-bond acceptors (Lipinski definition) is 7. The fourth-order valence-electron chi connectivity index (χ4n) is 1.76. The van der Waals surface area contributed by atoms with E-state index in [1.165, 1.54) is 14.0 Å². The largest absolute Gasteiger partial charge is 0.495 e. The van der Waals surface area contributed by atoms with Crippen LogP contribution >= 0.6 is 0 Å². The number of ether oxygens (including phenoxy) is 3. The maximum absolute atomic E-state index is 11.5. The Labute approximate surface area is 139 Å². The van der Waals surface area contributed by atoms with Crippen molar-refractivity contribution >= 4 is 29.2 Å². The lowest BCUT2D eigenvalue weighted by Crippen LogP contribution is -2.17. The zero-order valence-corrected chi connectivity index (χ0v) is 13.6. The van der Waals surface area contributed by atoms with Crippen molar-refractivity contribution in [3.8, 4) is 5.75 Å². The molecule has 0 atom stereocenters. The molecule has 0 saturated carbocycles. The van der Waals surface area contributed by atoms with Crippen LogP contribution < -0.4 is 15.4 Å². The Kier molecular flexibility index (Phi) is 7.83. The molecule has 0 aromatic heterocycles. The van der Waals surface area contributed by atoms with E-state index in [9.17, 15) is 14.4 Å². The number of hydrogen-bond donors (Lipinski definition) is 2. The molecule has 1 amide bonds. The number of carbonyl (C=O) groups is 3. The average molecular weight is 336 g/mol. The molecule has 0 heterocycles. The Hall–Kier alpha value is -3.03. The van der Waals surface area contributed by atoms with Gasteiger partial charge in [-0.2, -0.15) is 0 Å². The Bertz CT molecular complexity index is 615. The van der Waals surface area contributed by atoms with E-state index in [0.717, 1.165) is 6.26 Å². The molecule has 0 bridgehead atoms. The third kappa shape index (κ3) is 6.82. The van der Waals surface area contributed by atoms with Crippen molar-refractivity contribution in [2.24, 2.45) is 0 Å². The van der Waals surface area contributed by atoms with Crippen molar-refractivity contribution in [2.75, 3.05) is 30.9 Å². The Balaban J connectivity index is 2.50. The first kappa shape index (κ1) is 19.0. The lowest BCUT2D eigenvalue weighted by Gasteiger charge is -2.13. The molecule has 1 rings (SSSR count). The van der Waals surface area contributed by atoms with E-state index in [0.29, 0.717) is 17.1 Å². The predicted octanol–water partition coefficient (Wildman–Crippen LogP) is 1.69. The molecule has 0 aliphatic heterocycles. The Morgan fingerprint density at radius 3 is 2.62 bits per heavy atom. The van der Waals surface area contributed by atoms with Crippen molar-refractivity contribution < 1.29 is 28.6 Å². The van der Waals surface area contributed by atoms with Crippen LogP contribution in [-0.2, 0) is 23.9 Å². The summed E-state index contributed by atoms with van der Waals surface area (Å²) in [6.45, 7) is 4.42. The Morgan fingerprint density at radius 1 is 1.25 bits per heavy atom. The summed E-state index contributed by atoms with van der Waals surface area (Å²) in [5, 5.41) is 5.67. The molecule has 1 aromatic rings. The van der Waals surface area contributed by atoms with Crippen molar-refractivity contribution in [1.82, 2.24) is 0 Å². The van der Waals surface area contributed by atoms with Gasteiger partial charge in [0.05, 0.1) is 25.5 Å². The van der Waals surface area contributed by atoms with Gasteiger partial charge in [0.15, 0.2) is 6.61 Å².